The summed E-state index contributed by atoms with van der Waals surface area (Å²) in [6, 6.07) is 6.92. The highest BCUT2D eigenvalue weighted by molar-refractivity contribution is 6.35. The van der Waals surface area contributed by atoms with Crippen LogP contribution < -0.4 is 9.64 Å². The van der Waals surface area contributed by atoms with Gasteiger partial charge in [-0.3, -0.25) is 9.69 Å². The first-order valence-corrected chi connectivity index (χ1v) is 7.51. The minimum Gasteiger partial charge on any atom is -0.492 e. The average Bonchev–Trinajstić information content (AvgIpc) is 3.37. The lowest BCUT2D eigenvalue weighted by Gasteiger charge is -2.18. The molecule has 2 aromatic rings. The van der Waals surface area contributed by atoms with Crippen molar-refractivity contribution < 1.29 is 9.53 Å². The van der Waals surface area contributed by atoms with E-state index in [0.717, 1.165) is 0 Å². The van der Waals surface area contributed by atoms with Crippen LogP contribution in [0.2, 0.25) is 5.02 Å². The highest BCUT2D eigenvalue weighted by atomic mass is 35.5. The first-order valence-electron chi connectivity index (χ1n) is 7.13. The lowest BCUT2D eigenvalue weighted by Crippen LogP contribution is -2.28. The maximum absolute atomic E-state index is 12.7. The third-order valence-corrected chi connectivity index (χ3v) is 3.83. The fourth-order valence-electron chi connectivity index (χ4n) is 2.05. The summed E-state index contributed by atoms with van der Waals surface area (Å²) in [5, 5.41) is 0.362. The Morgan fingerprint density at radius 2 is 2.05 bits per heavy atom. The van der Waals surface area contributed by atoms with E-state index in [2.05, 4.69) is 9.97 Å². The Morgan fingerprint density at radius 1 is 1.32 bits per heavy atom. The number of hydrogen-bond acceptors (Lipinski definition) is 4. The van der Waals surface area contributed by atoms with E-state index >= 15 is 0 Å². The van der Waals surface area contributed by atoms with Gasteiger partial charge in [0.05, 0.1) is 11.6 Å². The number of carbonyl (C=O) groups excluding carboxylic acids is 1. The first-order chi connectivity index (χ1) is 10.7. The zero-order chi connectivity index (χ0) is 15.5. The van der Waals surface area contributed by atoms with E-state index in [0.29, 0.717) is 34.8 Å². The minimum atomic E-state index is -0.289. The molecular formula is C16H16ClN3O2. The van der Waals surface area contributed by atoms with E-state index in [1.165, 1.54) is 17.7 Å². The van der Waals surface area contributed by atoms with Crippen molar-refractivity contribution in [1.82, 2.24) is 9.97 Å². The van der Waals surface area contributed by atoms with Gasteiger partial charge >= 0.3 is 0 Å². The van der Waals surface area contributed by atoms with Crippen LogP contribution in [0.15, 0.2) is 36.7 Å². The summed E-state index contributed by atoms with van der Waals surface area (Å²) in [6.45, 7) is 0.617. The van der Waals surface area contributed by atoms with E-state index in [9.17, 15) is 4.79 Å². The molecule has 0 bridgehead atoms. The Labute approximate surface area is 133 Å². The molecule has 6 heteroatoms. The monoisotopic (exact) mass is 317 g/mol. The van der Waals surface area contributed by atoms with Crippen molar-refractivity contribution in [3.05, 3.63) is 47.2 Å². The summed E-state index contributed by atoms with van der Waals surface area (Å²) < 4.78 is 5.78. The molecule has 114 valence electrons. The van der Waals surface area contributed by atoms with Crippen LogP contribution in [0, 0.1) is 5.92 Å². The van der Waals surface area contributed by atoms with Crippen molar-refractivity contribution in [2.24, 2.45) is 5.92 Å². The van der Waals surface area contributed by atoms with Crippen LogP contribution in [-0.2, 0) is 0 Å². The lowest BCUT2D eigenvalue weighted by molar-refractivity contribution is 0.0987. The van der Waals surface area contributed by atoms with E-state index in [1.54, 1.807) is 43.7 Å². The Bertz CT molecular complexity index is 674. The number of amides is 1. The molecule has 0 spiro atoms. The van der Waals surface area contributed by atoms with E-state index in [-0.39, 0.29) is 5.91 Å². The SMILES string of the molecule is CN(C(=O)c1c(Cl)cccc1OCC1CC1)c1ncccn1. The molecule has 0 N–H and O–H groups in total. The van der Waals surface area contributed by atoms with Gasteiger partial charge in [0.15, 0.2) is 0 Å². The summed E-state index contributed by atoms with van der Waals surface area (Å²) in [5.74, 6) is 1.13. The number of aromatic nitrogens is 2. The highest BCUT2D eigenvalue weighted by Crippen LogP contribution is 2.32. The Kier molecular flexibility index (Phi) is 4.24. The van der Waals surface area contributed by atoms with Gasteiger partial charge in [-0.15, -0.1) is 0 Å². The molecule has 0 unspecified atom stereocenters. The molecule has 3 rings (SSSR count). The van der Waals surface area contributed by atoms with Crippen molar-refractivity contribution in [1.29, 1.82) is 0 Å². The standard InChI is InChI=1S/C16H16ClN3O2/c1-20(16-18-8-3-9-19-16)15(21)14-12(17)4-2-5-13(14)22-10-11-6-7-11/h2-5,8-9,11H,6-7,10H2,1H3. The number of carbonyl (C=O) groups is 1. The molecule has 1 heterocycles. The van der Waals surface area contributed by atoms with Gasteiger partial charge in [-0.1, -0.05) is 17.7 Å². The predicted molar refractivity (Wildman–Crippen MR) is 84.4 cm³/mol. The maximum Gasteiger partial charge on any atom is 0.265 e. The van der Waals surface area contributed by atoms with Gasteiger partial charge in [-0.25, -0.2) is 9.97 Å². The Balaban J connectivity index is 1.87. The number of halogens is 1. The molecule has 1 fully saturated rings. The van der Waals surface area contributed by atoms with Gasteiger partial charge in [-0.2, -0.15) is 0 Å². The average molecular weight is 318 g/mol. The van der Waals surface area contributed by atoms with Crippen molar-refractivity contribution in [3.63, 3.8) is 0 Å². The summed E-state index contributed by atoms with van der Waals surface area (Å²) in [4.78, 5) is 22.3. The second-order valence-electron chi connectivity index (χ2n) is 5.28. The number of nitrogens with zero attached hydrogens (tertiary/aromatic N) is 3. The van der Waals surface area contributed by atoms with Gasteiger partial charge in [0, 0.05) is 19.4 Å². The van der Waals surface area contributed by atoms with Crippen LogP contribution in [0.5, 0.6) is 5.75 Å². The molecule has 1 aliphatic carbocycles. The van der Waals surface area contributed by atoms with Gasteiger partial charge in [0.1, 0.15) is 11.3 Å². The fourth-order valence-corrected chi connectivity index (χ4v) is 2.29. The Hall–Kier alpha value is -2.14. The van der Waals surface area contributed by atoms with Crippen LogP contribution in [0.1, 0.15) is 23.2 Å². The van der Waals surface area contributed by atoms with Crippen molar-refractivity contribution in [2.75, 3.05) is 18.6 Å². The zero-order valence-corrected chi connectivity index (χ0v) is 13.0. The van der Waals surface area contributed by atoms with Crippen LogP contribution >= 0.6 is 11.6 Å². The summed E-state index contributed by atoms with van der Waals surface area (Å²) in [7, 11) is 1.62. The molecule has 1 aliphatic rings. The van der Waals surface area contributed by atoms with Crippen molar-refractivity contribution >= 4 is 23.5 Å². The minimum absolute atomic E-state index is 0.289. The Morgan fingerprint density at radius 3 is 2.73 bits per heavy atom. The fraction of sp³-hybridized carbons (Fsp3) is 0.312. The predicted octanol–water partition coefficient (Wildman–Crippen LogP) is 3.20. The largest absolute Gasteiger partial charge is 0.492 e. The van der Waals surface area contributed by atoms with E-state index in [1.807, 2.05) is 0 Å². The first kappa shape index (κ1) is 14.8. The molecule has 0 aliphatic heterocycles. The smallest absolute Gasteiger partial charge is 0.265 e. The summed E-state index contributed by atoms with van der Waals surface area (Å²) >= 11 is 6.22. The van der Waals surface area contributed by atoms with Gasteiger partial charge in [0.25, 0.3) is 5.91 Å². The highest BCUT2D eigenvalue weighted by Gasteiger charge is 2.26. The van der Waals surface area contributed by atoms with Crippen LogP contribution in [0.4, 0.5) is 5.95 Å². The number of anilines is 1. The third-order valence-electron chi connectivity index (χ3n) is 3.52. The van der Waals surface area contributed by atoms with Crippen LogP contribution in [0.25, 0.3) is 0 Å². The van der Waals surface area contributed by atoms with E-state index in [4.69, 9.17) is 16.3 Å². The number of benzene rings is 1. The summed E-state index contributed by atoms with van der Waals surface area (Å²) in [6.07, 6.45) is 5.54. The molecule has 1 aromatic heterocycles. The van der Waals surface area contributed by atoms with Gasteiger partial charge < -0.3 is 4.74 Å². The number of ether oxygens (including phenoxy) is 1. The third kappa shape index (κ3) is 3.20. The second kappa shape index (κ2) is 6.32. The zero-order valence-electron chi connectivity index (χ0n) is 12.2. The van der Waals surface area contributed by atoms with Gasteiger partial charge in [0.2, 0.25) is 5.95 Å². The molecule has 1 aromatic carbocycles. The molecule has 5 nitrogen and oxygen atoms in total. The molecule has 0 radical (unpaired) electrons. The number of hydrogen-bond donors (Lipinski definition) is 0. The molecule has 0 atom stereocenters. The normalized spacial score (nSPS) is 13.7. The van der Waals surface area contributed by atoms with Crippen LogP contribution in [-0.4, -0.2) is 29.5 Å². The van der Waals surface area contributed by atoms with Crippen molar-refractivity contribution in [2.45, 2.75) is 12.8 Å². The second-order valence-corrected chi connectivity index (χ2v) is 5.69. The summed E-state index contributed by atoms with van der Waals surface area (Å²) in [5.41, 5.74) is 0.347. The molecule has 0 saturated heterocycles. The number of rotatable bonds is 5. The maximum atomic E-state index is 12.7. The van der Waals surface area contributed by atoms with Crippen molar-refractivity contribution in [3.8, 4) is 5.75 Å². The van der Waals surface area contributed by atoms with Crippen LogP contribution in [0.3, 0.4) is 0 Å². The quantitative estimate of drug-likeness (QED) is 0.849. The molecule has 1 amide bonds. The van der Waals surface area contributed by atoms with Gasteiger partial charge in [-0.05, 0) is 37.0 Å². The molecule has 1 saturated carbocycles. The van der Waals surface area contributed by atoms with E-state index < -0.39 is 0 Å². The topological polar surface area (TPSA) is 55.3 Å². The molecule has 22 heavy (non-hydrogen) atoms. The lowest BCUT2D eigenvalue weighted by atomic mass is 10.1. The molecular weight excluding hydrogens is 302 g/mol.